The van der Waals surface area contributed by atoms with Crippen molar-refractivity contribution in [3.05, 3.63) is 65.2 Å². The van der Waals surface area contributed by atoms with Crippen molar-refractivity contribution in [2.75, 3.05) is 7.11 Å². The van der Waals surface area contributed by atoms with Crippen LogP contribution in [0.25, 0.3) is 21.9 Å². The van der Waals surface area contributed by atoms with Crippen LogP contribution in [0.2, 0.25) is 0 Å². The summed E-state index contributed by atoms with van der Waals surface area (Å²) in [7, 11) is 1.50. The summed E-state index contributed by atoms with van der Waals surface area (Å²) in [5.41, 5.74) is 2.27. The highest BCUT2D eigenvalue weighted by Crippen LogP contribution is 2.28. The molecule has 0 unspecified atom stereocenters. The van der Waals surface area contributed by atoms with E-state index in [9.17, 15) is 10.4 Å². The van der Waals surface area contributed by atoms with Crippen LogP contribution in [-0.4, -0.2) is 17.2 Å². The first-order valence-corrected chi connectivity index (χ1v) is 8.04. The van der Waals surface area contributed by atoms with E-state index in [2.05, 4.69) is 11.1 Å². The van der Waals surface area contributed by atoms with Gasteiger partial charge in [-0.2, -0.15) is 5.26 Å². The second-order valence-corrected chi connectivity index (χ2v) is 6.00. The summed E-state index contributed by atoms with van der Waals surface area (Å²) in [4.78, 5) is 4.49. The Hall–Kier alpha value is -3.10. The van der Waals surface area contributed by atoms with Gasteiger partial charge in [-0.25, -0.2) is 4.98 Å². The summed E-state index contributed by atoms with van der Waals surface area (Å²) < 4.78 is 6.13. The number of phenols is 1. The molecule has 0 amide bonds. The molecular weight excluding hydrogens is 320 g/mol. The van der Waals surface area contributed by atoms with Crippen LogP contribution in [0.3, 0.4) is 0 Å². The second kappa shape index (κ2) is 6.99. The normalized spacial score (nSPS) is 11.8. The van der Waals surface area contributed by atoms with E-state index in [4.69, 9.17) is 4.74 Å². The van der Waals surface area contributed by atoms with Crippen LogP contribution in [0.15, 0.2) is 54.6 Å². The number of nitriles is 1. The Morgan fingerprint density at radius 3 is 2.88 bits per heavy atom. The molecule has 1 aromatic heterocycles. The SMILES string of the molecule is COc1cc(/C=C\C=C(\C#N)c2nc3ccccc3s2)ccc1O. The van der Waals surface area contributed by atoms with Gasteiger partial charge in [0.2, 0.25) is 0 Å². The molecule has 0 aliphatic rings. The Balaban J connectivity index is 1.87. The van der Waals surface area contributed by atoms with Gasteiger partial charge in [-0.15, -0.1) is 11.3 Å². The fourth-order valence-corrected chi connectivity index (χ4v) is 3.14. The lowest BCUT2D eigenvalue weighted by molar-refractivity contribution is 0.373. The maximum atomic E-state index is 9.59. The summed E-state index contributed by atoms with van der Waals surface area (Å²) >= 11 is 1.50. The number of hydrogen-bond donors (Lipinski definition) is 1. The third-order valence-corrected chi connectivity index (χ3v) is 4.47. The number of phenolic OH excluding ortho intramolecular Hbond substituents is 1. The number of thiazole rings is 1. The maximum absolute atomic E-state index is 9.59. The van der Waals surface area contributed by atoms with Gasteiger partial charge >= 0.3 is 0 Å². The number of aromatic hydroxyl groups is 1. The van der Waals surface area contributed by atoms with Crippen LogP contribution in [-0.2, 0) is 0 Å². The van der Waals surface area contributed by atoms with Crippen LogP contribution >= 0.6 is 11.3 Å². The molecule has 3 rings (SSSR count). The van der Waals surface area contributed by atoms with Gasteiger partial charge in [0.05, 0.1) is 22.9 Å². The largest absolute Gasteiger partial charge is 0.504 e. The van der Waals surface area contributed by atoms with E-state index < -0.39 is 0 Å². The van der Waals surface area contributed by atoms with Gasteiger partial charge in [0.25, 0.3) is 0 Å². The summed E-state index contributed by atoms with van der Waals surface area (Å²) in [5.74, 6) is 0.505. The minimum Gasteiger partial charge on any atom is -0.504 e. The number of fused-ring (bicyclic) bond motifs is 1. The van der Waals surface area contributed by atoms with E-state index in [1.807, 2.05) is 30.3 Å². The zero-order valence-electron chi connectivity index (χ0n) is 12.9. The molecule has 2 aromatic carbocycles. The van der Waals surface area contributed by atoms with E-state index in [1.165, 1.54) is 18.4 Å². The molecule has 4 nitrogen and oxygen atoms in total. The predicted octanol–water partition coefficient (Wildman–Crippen LogP) is 4.63. The number of nitrogens with zero attached hydrogens (tertiary/aromatic N) is 2. The minimum atomic E-state index is 0.0948. The van der Waals surface area contributed by atoms with Crippen LogP contribution in [0.1, 0.15) is 10.6 Å². The van der Waals surface area contributed by atoms with Crippen molar-refractivity contribution >= 4 is 33.2 Å². The van der Waals surface area contributed by atoms with Gasteiger partial charge < -0.3 is 9.84 Å². The highest BCUT2D eigenvalue weighted by molar-refractivity contribution is 7.19. The standard InChI is InChI=1S/C19H14N2O2S/c1-23-17-11-13(9-10-16(17)22)5-4-6-14(12-20)19-21-15-7-2-3-8-18(15)24-19/h2-11,22H,1H3/b5-4-,14-6-. The lowest BCUT2D eigenvalue weighted by atomic mass is 10.1. The highest BCUT2D eigenvalue weighted by Gasteiger charge is 2.07. The number of para-hydroxylation sites is 1. The summed E-state index contributed by atoms with van der Waals surface area (Å²) in [6.45, 7) is 0. The molecule has 118 valence electrons. The third-order valence-electron chi connectivity index (χ3n) is 3.40. The van der Waals surface area contributed by atoms with Crippen molar-refractivity contribution in [1.29, 1.82) is 5.26 Å². The maximum Gasteiger partial charge on any atom is 0.161 e. The van der Waals surface area contributed by atoms with Crippen LogP contribution in [0, 0.1) is 11.3 Å². The van der Waals surface area contributed by atoms with Gasteiger partial charge in [-0.05, 0) is 35.9 Å². The number of benzene rings is 2. The zero-order valence-corrected chi connectivity index (χ0v) is 13.7. The first-order chi connectivity index (χ1) is 11.7. The van der Waals surface area contributed by atoms with Crippen molar-refractivity contribution < 1.29 is 9.84 Å². The summed E-state index contributed by atoms with van der Waals surface area (Å²) in [5, 5.41) is 19.7. The van der Waals surface area contributed by atoms with E-state index in [-0.39, 0.29) is 5.75 Å². The molecule has 0 spiro atoms. The Morgan fingerprint density at radius 1 is 1.29 bits per heavy atom. The number of hydrogen-bond acceptors (Lipinski definition) is 5. The van der Waals surface area contributed by atoms with Gasteiger partial charge in [-0.1, -0.05) is 30.4 Å². The van der Waals surface area contributed by atoms with E-state index in [0.29, 0.717) is 16.3 Å². The lowest BCUT2D eigenvalue weighted by Crippen LogP contribution is -1.84. The first-order valence-electron chi connectivity index (χ1n) is 7.22. The average Bonchev–Trinajstić information content (AvgIpc) is 3.03. The van der Waals surface area contributed by atoms with Gasteiger partial charge in [0.1, 0.15) is 11.1 Å². The summed E-state index contributed by atoms with van der Waals surface area (Å²) in [6, 6.07) is 15.1. The number of ether oxygens (including phenoxy) is 1. The first kappa shape index (κ1) is 15.8. The number of aromatic nitrogens is 1. The molecule has 3 aromatic rings. The number of allylic oxidation sites excluding steroid dienone is 3. The molecule has 5 heteroatoms. The Labute approximate surface area is 143 Å². The predicted molar refractivity (Wildman–Crippen MR) is 96.9 cm³/mol. The fourth-order valence-electron chi connectivity index (χ4n) is 2.20. The average molecular weight is 334 g/mol. The Morgan fingerprint density at radius 2 is 2.12 bits per heavy atom. The highest BCUT2D eigenvalue weighted by atomic mass is 32.1. The molecule has 0 aliphatic carbocycles. The molecule has 0 atom stereocenters. The number of rotatable bonds is 4. The van der Waals surface area contributed by atoms with Gasteiger partial charge in [-0.3, -0.25) is 0 Å². The van der Waals surface area contributed by atoms with Gasteiger partial charge in [0.15, 0.2) is 11.5 Å². The van der Waals surface area contributed by atoms with Crippen LogP contribution < -0.4 is 4.74 Å². The molecule has 1 heterocycles. The van der Waals surface area contributed by atoms with Crippen molar-refractivity contribution in [3.63, 3.8) is 0 Å². The second-order valence-electron chi connectivity index (χ2n) is 4.97. The van der Waals surface area contributed by atoms with Gasteiger partial charge in [0, 0.05) is 0 Å². The molecule has 0 aliphatic heterocycles. The third kappa shape index (κ3) is 3.29. The molecule has 0 fully saturated rings. The molecule has 0 saturated carbocycles. The quantitative estimate of drug-likeness (QED) is 0.558. The van der Waals surface area contributed by atoms with E-state index >= 15 is 0 Å². The van der Waals surface area contributed by atoms with Crippen molar-refractivity contribution in [1.82, 2.24) is 4.98 Å². The zero-order chi connectivity index (χ0) is 16.9. The van der Waals surface area contributed by atoms with Crippen molar-refractivity contribution in [2.45, 2.75) is 0 Å². The van der Waals surface area contributed by atoms with E-state index in [1.54, 1.807) is 30.4 Å². The molecular formula is C19H14N2O2S. The van der Waals surface area contributed by atoms with E-state index in [0.717, 1.165) is 15.8 Å². The Bertz CT molecular complexity index is 947. The smallest absolute Gasteiger partial charge is 0.161 e. The van der Waals surface area contributed by atoms with Crippen LogP contribution in [0.4, 0.5) is 0 Å². The Kier molecular flexibility index (Phi) is 4.59. The fraction of sp³-hybridized carbons (Fsp3) is 0.0526. The monoisotopic (exact) mass is 334 g/mol. The molecule has 0 saturated heterocycles. The minimum absolute atomic E-state index is 0.0948. The van der Waals surface area contributed by atoms with Crippen molar-refractivity contribution in [3.8, 4) is 17.6 Å². The summed E-state index contributed by atoms with van der Waals surface area (Å²) in [6.07, 6.45) is 5.36. The molecule has 0 bridgehead atoms. The van der Waals surface area contributed by atoms with Crippen molar-refractivity contribution in [2.24, 2.45) is 0 Å². The lowest BCUT2D eigenvalue weighted by Gasteiger charge is -2.03. The molecule has 0 radical (unpaired) electrons. The topological polar surface area (TPSA) is 66.1 Å². The van der Waals surface area contributed by atoms with Crippen LogP contribution in [0.5, 0.6) is 11.5 Å². The molecule has 1 N–H and O–H groups in total. The molecule has 24 heavy (non-hydrogen) atoms. The number of methoxy groups -OCH3 is 1.